The highest BCUT2D eigenvalue weighted by atomic mass is 35.5. The molecule has 0 aliphatic carbocycles. The lowest BCUT2D eigenvalue weighted by Gasteiger charge is -2.21. The van der Waals surface area contributed by atoms with Gasteiger partial charge in [-0.3, -0.25) is 4.79 Å². The Morgan fingerprint density at radius 2 is 2.00 bits per heavy atom. The van der Waals surface area contributed by atoms with E-state index in [1.807, 2.05) is 60.7 Å². The van der Waals surface area contributed by atoms with Crippen molar-refractivity contribution in [2.45, 2.75) is 16.8 Å². The minimum absolute atomic E-state index is 0.0687. The number of amides is 1. The van der Waals surface area contributed by atoms with Gasteiger partial charge in [-0.05, 0) is 42.0 Å². The smallest absolute Gasteiger partial charge is 0.253 e. The molecule has 4 aromatic rings. The number of hydrogen-bond donors (Lipinski definition) is 0. The van der Waals surface area contributed by atoms with Gasteiger partial charge in [0, 0.05) is 11.4 Å². The summed E-state index contributed by atoms with van der Waals surface area (Å²) in [6.45, 7) is 0. The molecule has 0 unspecified atom stereocenters. The molecule has 0 bridgehead atoms. The fourth-order valence-electron chi connectivity index (χ4n) is 3.38. The maximum atomic E-state index is 13.1. The highest BCUT2D eigenvalue weighted by molar-refractivity contribution is 8.01. The number of furan rings is 1. The molecule has 8 heteroatoms. The number of carbonyl (C=O) groups is 1. The summed E-state index contributed by atoms with van der Waals surface area (Å²) in [5.41, 5.74) is 2.71. The minimum Gasteiger partial charge on any atom is -0.463 e. The summed E-state index contributed by atoms with van der Waals surface area (Å²) in [5.74, 6) is 0.877. The second-order valence-electron chi connectivity index (χ2n) is 6.77. The summed E-state index contributed by atoms with van der Waals surface area (Å²) < 4.78 is 7.50. The van der Waals surface area contributed by atoms with E-state index in [1.165, 1.54) is 11.8 Å². The number of halogens is 1. The second kappa shape index (κ2) is 8.26. The monoisotopic (exact) mass is 453 g/mol. The van der Waals surface area contributed by atoms with Gasteiger partial charge < -0.3 is 4.42 Å². The largest absolute Gasteiger partial charge is 0.463 e. The second-order valence-corrected chi connectivity index (χ2v) is 9.46. The van der Waals surface area contributed by atoms with Crippen molar-refractivity contribution in [2.75, 3.05) is 5.75 Å². The summed E-state index contributed by atoms with van der Waals surface area (Å²) >= 11 is 9.08. The summed E-state index contributed by atoms with van der Waals surface area (Å²) in [6.07, 6.45) is 2.20. The zero-order valence-electron chi connectivity index (χ0n) is 15.7. The number of thioether (sulfide) groups is 1. The molecule has 1 aliphatic heterocycles. The van der Waals surface area contributed by atoms with Crippen LogP contribution in [0.4, 0.5) is 0 Å². The van der Waals surface area contributed by atoms with Crippen LogP contribution in [0.1, 0.15) is 23.8 Å². The van der Waals surface area contributed by atoms with E-state index in [0.717, 1.165) is 25.8 Å². The molecule has 2 aromatic heterocycles. The summed E-state index contributed by atoms with van der Waals surface area (Å²) in [7, 11) is 0. The molecular formula is C22H16ClN3O2S2. The first kappa shape index (κ1) is 19.4. The molecule has 5 nitrogen and oxygen atoms in total. The third-order valence-corrected chi connectivity index (χ3v) is 7.24. The molecule has 0 saturated carbocycles. The molecule has 0 radical (unpaired) electrons. The van der Waals surface area contributed by atoms with Gasteiger partial charge in [-0.25, -0.2) is 9.99 Å². The Morgan fingerprint density at radius 3 is 2.77 bits per heavy atom. The van der Waals surface area contributed by atoms with Gasteiger partial charge in [0.25, 0.3) is 5.91 Å². The van der Waals surface area contributed by atoms with Gasteiger partial charge >= 0.3 is 0 Å². The molecule has 0 fully saturated rings. The van der Waals surface area contributed by atoms with Crippen LogP contribution in [-0.4, -0.2) is 27.4 Å². The van der Waals surface area contributed by atoms with Gasteiger partial charge in [-0.15, -0.1) is 11.3 Å². The Hall–Kier alpha value is -2.61. The van der Waals surface area contributed by atoms with E-state index in [2.05, 4.69) is 10.1 Å². The zero-order valence-corrected chi connectivity index (χ0v) is 18.1. The van der Waals surface area contributed by atoms with Crippen LogP contribution in [0.15, 0.2) is 80.8 Å². The SMILES string of the molecule is O=C(CSc1nc2ccccc2s1)N1N=C(c2ccco2)C[C@H]1c1ccc(Cl)cc1. The molecule has 1 amide bonds. The number of hydrogen-bond acceptors (Lipinski definition) is 6. The van der Waals surface area contributed by atoms with Crippen LogP contribution in [-0.2, 0) is 4.79 Å². The number of aromatic nitrogens is 1. The number of thiazole rings is 1. The molecule has 0 spiro atoms. The van der Waals surface area contributed by atoms with Crippen LogP contribution in [0.2, 0.25) is 5.02 Å². The van der Waals surface area contributed by atoms with Crippen LogP contribution in [0, 0.1) is 0 Å². The van der Waals surface area contributed by atoms with Crippen molar-refractivity contribution in [1.29, 1.82) is 0 Å². The van der Waals surface area contributed by atoms with Gasteiger partial charge in [-0.2, -0.15) is 5.10 Å². The molecule has 150 valence electrons. The normalized spacial score (nSPS) is 16.2. The van der Waals surface area contributed by atoms with Crippen molar-refractivity contribution in [3.63, 3.8) is 0 Å². The Balaban J connectivity index is 1.37. The number of hydrazone groups is 1. The van der Waals surface area contributed by atoms with Crippen molar-refractivity contribution in [3.05, 3.63) is 83.3 Å². The van der Waals surface area contributed by atoms with Gasteiger partial charge in [0.05, 0.1) is 28.3 Å². The predicted octanol–water partition coefficient (Wildman–Crippen LogP) is 6.01. The van der Waals surface area contributed by atoms with Crippen molar-refractivity contribution in [2.24, 2.45) is 5.10 Å². The lowest BCUT2D eigenvalue weighted by Crippen LogP contribution is -2.28. The van der Waals surface area contributed by atoms with E-state index in [9.17, 15) is 4.79 Å². The number of carbonyl (C=O) groups excluding carboxylic acids is 1. The standard InChI is InChI=1S/C22H16ClN3O2S2/c23-15-9-7-14(8-10-15)18-12-17(19-5-3-11-28-19)25-26(18)21(27)13-29-22-24-16-4-1-2-6-20(16)30-22/h1-11,18H,12-13H2/t18-/m0/s1. The highest BCUT2D eigenvalue weighted by Crippen LogP contribution is 2.35. The summed E-state index contributed by atoms with van der Waals surface area (Å²) in [4.78, 5) is 17.7. The first-order valence-corrected chi connectivity index (χ1v) is 11.5. The molecule has 5 rings (SSSR count). The number of para-hydroxylation sites is 1. The van der Waals surface area contributed by atoms with Gasteiger partial charge in [0.2, 0.25) is 0 Å². The quantitative estimate of drug-likeness (QED) is 0.347. The number of benzene rings is 2. The number of fused-ring (bicyclic) bond motifs is 1. The van der Waals surface area contributed by atoms with Crippen LogP contribution in [0.3, 0.4) is 0 Å². The molecule has 3 heterocycles. The van der Waals surface area contributed by atoms with Crippen LogP contribution in [0.5, 0.6) is 0 Å². The van der Waals surface area contributed by atoms with E-state index in [4.69, 9.17) is 16.0 Å². The number of rotatable bonds is 5. The Bertz CT molecular complexity index is 1190. The Morgan fingerprint density at radius 1 is 1.17 bits per heavy atom. The van der Waals surface area contributed by atoms with Crippen molar-refractivity contribution in [1.82, 2.24) is 9.99 Å². The van der Waals surface area contributed by atoms with E-state index >= 15 is 0 Å². The minimum atomic E-state index is -0.189. The average molecular weight is 454 g/mol. The summed E-state index contributed by atoms with van der Waals surface area (Å²) in [6, 6.07) is 19.0. The van der Waals surface area contributed by atoms with Gasteiger partial charge in [0.15, 0.2) is 4.34 Å². The lowest BCUT2D eigenvalue weighted by molar-refractivity contribution is -0.130. The molecule has 0 saturated heterocycles. The lowest BCUT2D eigenvalue weighted by atomic mass is 10.0. The van der Waals surface area contributed by atoms with E-state index in [0.29, 0.717) is 17.2 Å². The van der Waals surface area contributed by atoms with Gasteiger partial charge in [-0.1, -0.05) is 47.6 Å². The number of nitrogens with zero attached hydrogens (tertiary/aromatic N) is 3. The maximum Gasteiger partial charge on any atom is 0.253 e. The topological polar surface area (TPSA) is 58.7 Å². The van der Waals surface area contributed by atoms with Crippen LogP contribution >= 0.6 is 34.7 Å². The highest BCUT2D eigenvalue weighted by Gasteiger charge is 2.34. The van der Waals surface area contributed by atoms with Crippen LogP contribution in [0.25, 0.3) is 10.2 Å². The first-order valence-electron chi connectivity index (χ1n) is 9.34. The van der Waals surface area contributed by atoms with Crippen molar-refractivity contribution < 1.29 is 9.21 Å². The zero-order chi connectivity index (χ0) is 20.5. The molecule has 1 aliphatic rings. The Kier molecular flexibility index (Phi) is 5.33. The van der Waals surface area contributed by atoms with E-state index in [1.54, 1.807) is 22.6 Å². The third-order valence-electron chi connectivity index (χ3n) is 4.82. The van der Waals surface area contributed by atoms with Gasteiger partial charge in [0.1, 0.15) is 11.5 Å². The predicted molar refractivity (Wildman–Crippen MR) is 121 cm³/mol. The fourth-order valence-corrected chi connectivity index (χ4v) is 5.43. The Labute approximate surface area is 186 Å². The maximum absolute atomic E-state index is 13.1. The van der Waals surface area contributed by atoms with Crippen LogP contribution < -0.4 is 0 Å². The summed E-state index contributed by atoms with van der Waals surface area (Å²) in [5, 5.41) is 6.84. The molecule has 1 atom stereocenters. The van der Waals surface area contributed by atoms with Crippen molar-refractivity contribution >= 4 is 56.5 Å². The van der Waals surface area contributed by atoms with Crippen molar-refractivity contribution in [3.8, 4) is 0 Å². The molecule has 30 heavy (non-hydrogen) atoms. The first-order chi connectivity index (χ1) is 14.7. The fraction of sp³-hybridized carbons (Fsp3) is 0.136. The van der Waals surface area contributed by atoms with E-state index < -0.39 is 0 Å². The molecule has 0 N–H and O–H groups in total. The third kappa shape index (κ3) is 3.88. The average Bonchev–Trinajstić information content (AvgIpc) is 3.51. The molecule has 2 aromatic carbocycles. The van der Waals surface area contributed by atoms with E-state index in [-0.39, 0.29) is 17.7 Å². The molecular weight excluding hydrogens is 438 g/mol.